The first-order chi connectivity index (χ1) is 7.68. The molecule has 0 fully saturated rings. The lowest BCUT2D eigenvalue weighted by molar-refractivity contribution is 0.0400. The normalized spacial score (nSPS) is 25.1. The van der Waals surface area contributed by atoms with Crippen molar-refractivity contribution < 1.29 is 9.84 Å². The van der Waals surface area contributed by atoms with Gasteiger partial charge in [-0.05, 0) is 51.5 Å². The van der Waals surface area contributed by atoms with Crippen LogP contribution in [0.1, 0.15) is 58.8 Å². The van der Waals surface area contributed by atoms with Crippen molar-refractivity contribution in [2.45, 2.75) is 71.0 Å². The molecule has 0 saturated carbocycles. The van der Waals surface area contributed by atoms with E-state index in [9.17, 15) is 5.11 Å². The van der Waals surface area contributed by atoms with Crippen molar-refractivity contribution in [2.24, 2.45) is 0 Å². The molecular weight excluding hydrogens is 200 g/mol. The lowest BCUT2D eigenvalue weighted by Crippen LogP contribution is -2.17. The molecule has 0 aromatic rings. The molecule has 16 heavy (non-hydrogen) atoms. The molecule has 1 rings (SSSR count). The Morgan fingerprint density at radius 2 is 2.00 bits per heavy atom. The topological polar surface area (TPSA) is 29.5 Å². The minimum atomic E-state index is -0.263. The molecule has 1 aliphatic rings. The van der Waals surface area contributed by atoms with Crippen molar-refractivity contribution in [3.63, 3.8) is 0 Å². The summed E-state index contributed by atoms with van der Waals surface area (Å²) in [5.41, 5.74) is 1.46. The molecule has 94 valence electrons. The number of ether oxygens (including phenoxy) is 1. The molecule has 2 heteroatoms. The van der Waals surface area contributed by atoms with Gasteiger partial charge in [-0.1, -0.05) is 18.9 Å². The highest BCUT2D eigenvalue weighted by molar-refractivity contribution is 5.03. The highest BCUT2D eigenvalue weighted by Crippen LogP contribution is 2.18. The van der Waals surface area contributed by atoms with E-state index in [0.717, 1.165) is 13.0 Å². The number of rotatable bonds is 5. The Morgan fingerprint density at radius 3 is 2.75 bits per heavy atom. The van der Waals surface area contributed by atoms with Crippen LogP contribution in [-0.4, -0.2) is 23.9 Å². The zero-order chi connectivity index (χ0) is 11.8. The SMILES string of the molecule is C[C@H](C[C@@H](C)O)OC/C1=C/CCCCCC1. The van der Waals surface area contributed by atoms with Crippen LogP contribution in [0.5, 0.6) is 0 Å². The van der Waals surface area contributed by atoms with Gasteiger partial charge in [-0.25, -0.2) is 0 Å². The molecule has 0 aliphatic heterocycles. The molecule has 1 N–H and O–H groups in total. The number of aliphatic hydroxyl groups is 1. The minimum absolute atomic E-state index is 0.159. The van der Waals surface area contributed by atoms with Crippen LogP contribution in [0, 0.1) is 0 Å². The highest BCUT2D eigenvalue weighted by atomic mass is 16.5. The summed E-state index contributed by atoms with van der Waals surface area (Å²) in [4.78, 5) is 0. The van der Waals surface area contributed by atoms with Crippen LogP contribution in [0.2, 0.25) is 0 Å². The van der Waals surface area contributed by atoms with Crippen LogP contribution in [0.25, 0.3) is 0 Å². The molecule has 0 aromatic carbocycles. The fraction of sp³-hybridized carbons (Fsp3) is 0.857. The highest BCUT2D eigenvalue weighted by Gasteiger charge is 2.08. The molecule has 0 unspecified atom stereocenters. The molecule has 0 amide bonds. The Balaban J connectivity index is 2.24. The van der Waals surface area contributed by atoms with E-state index in [2.05, 4.69) is 6.08 Å². The van der Waals surface area contributed by atoms with Crippen molar-refractivity contribution >= 4 is 0 Å². The van der Waals surface area contributed by atoms with Gasteiger partial charge in [0.25, 0.3) is 0 Å². The Hall–Kier alpha value is -0.340. The van der Waals surface area contributed by atoms with Gasteiger partial charge in [-0.15, -0.1) is 0 Å². The van der Waals surface area contributed by atoms with Crippen LogP contribution < -0.4 is 0 Å². The van der Waals surface area contributed by atoms with Gasteiger partial charge in [-0.2, -0.15) is 0 Å². The Morgan fingerprint density at radius 1 is 1.25 bits per heavy atom. The molecule has 0 aromatic heterocycles. The monoisotopic (exact) mass is 226 g/mol. The van der Waals surface area contributed by atoms with Gasteiger partial charge >= 0.3 is 0 Å². The van der Waals surface area contributed by atoms with E-state index in [1.165, 1.54) is 44.1 Å². The molecule has 2 nitrogen and oxygen atoms in total. The molecule has 0 saturated heterocycles. The summed E-state index contributed by atoms with van der Waals surface area (Å²) in [6.45, 7) is 4.61. The second kappa shape index (κ2) is 7.86. The van der Waals surface area contributed by atoms with Gasteiger partial charge in [0.1, 0.15) is 0 Å². The maximum absolute atomic E-state index is 9.25. The third-order valence-corrected chi connectivity index (χ3v) is 3.11. The average Bonchev–Trinajstić information content (AvgIpc) is 2.14. The summed E-state index contributed by atoms with van der Waals surface area (Å²) >= 11 is 0. The molecular formula is C14H26O2. The van der Waals surface area contributed by atoms with E-state index < -0.39 is 0 Å². The van der Waals surface area contributed by atoms with Crippen LogP contribution in [-0.2, 0) is 4.74 Å². The number of allylic oxidation sites excluding steroid dienone is 1. The van der Waals surface area contributed by atoms with E-state index in [-0.39, 0.29) is 12.2 Å². The summed E-state index contributed by atoms with van der Waals surface area (Å²) in [6.07, 6.45) is 10.8. The van der Waals surface area contributed by atoms with Gasteiger partial charge in [0.15, 0.2) is 0 Å². The lowest BCUT2D eigenvalue weighted by atomic mass is 10.0. The van der Waals surface area contributed by atoms with Gasteiger partial charge in [-0.3, -0.25) is 0 Å². The molecule has 2 atom stereocenters. The Bertz CT molecular complexity index is 209. The quantitative estimate of drug-likeness (QED) is 0.728. The molecule has 0 bridgehead atoms. The van der Waals surface area contributed by atoms with E-state index >= 15 is 0 Å². The number of aliphatic hydroxyl groups excluding tert-OH is 1. The van der Waals surface area contributed by atoms with E-state index in [1.807, 2.05) is 13.8 Å². The van der Waals surface area contributed by atoms with Crippen LogP contribution in [0.15, 0.2) is 11.6 Å². The zero-order valence-corrected chi connectivity index (χ0v) is 10.7. The van der Waals surface area contributed by atoms with Crippen molar-refractivity contribution in [2.75, 3.05) is 6.61 Å². The van der Waals surface area contributed by atoms with E-state index in [0.29, 0.717) is 0 Å². The number of hydrogen-bond acceptors (Lipinski definition) is 2. The maximum atomic E-state index is 9.25. The van der Waals surface area contributed by atoms with E-state index in [1.54, 1.807) is 0 Å². The summed E-state index contributed by atoms with van der Waals surface area (Å²) in [6, 6.07) is 0. The summed E-state index contributed by atoms with van der Waals surface area (Å²) in [5.74, 6) is 0. The van der Waals surface area contributed by atoms with Crippen LogP contribution >= 0.6 is 0 Å². The molecule has 0 radical (unpaired) electrons. The van der Waals surface area contributed by atoms with Crippen molar-refractivity contribution in [1.29, 1.82) is 0 Å². The zero-order valence-electron chi connectivity index (χ0n) is 10.7. The standard InChI is InChI=1S/C14H26O2/c1-12(15)10-13(2)16-11-14-8-6-4-3-5-7-9-14/h8,12-13,15H,3-7,9-11H2,1-2H3/b14-8+/t12-,13-/m1/s1. The fourth-order valence-electron chi connectivity index (χ4n) is 2.19. The van der Waals surface area contributed by atoms with E-state index in [4.69, 9.17) is 4.74 Å². The van der Waals surface area contributed by atoms with Gasteiger partial charge in [0.2, 0.25) is 0 Å². The third-order valence-electron chi connectivity index (χ3n) is 3.11. The first kappa shape index (κ1) is 13.7. The Labute approximate surface area is 99.7 Å². The van der Waals surface area contributed by atoms with Crippen molar-refractivity contribution in [1.82, 2.24) is 0 Å². The van der Waals surface area contributed by atoms with Crippen molar-refractivity contribution in [3.8, 4) is 0 Å². The number of hydrogen-bond donors (Lipinski definition) is 1. The largest absolute Gasteiger partial charge is 0.393 e. The first-order valence-electron chi connectivity index (χ1n) is 6.66. The molecule has 1 aliphatic carbocycles. The lowest BCUT2D eigenvalue weighted by Gasteiger charge is -2.17. The second-order valence-corrected chi connectivity index (χ2v) is 5.02. The fourth-order valence-corrected chi connectivity index (χ4v) is 2.19. The van der Waals surface area contributed by atoms with Crippen molar-refractivity contribution in [3.05, 3.63) is 11.6 Å². The predicted molar refractivity (Wildman–Crippen MR) is 67.5 cm³/mol. The van der Waals surface area contributed by atoms with Crippen LogP contribution in [0.4, 0.5) is 0 Å². The second-order valence-electron chi connectivity index (χ2n) is 5.02. The summed E-state index contributed by atoms with van der Waals surface area (Å²) in [5, 5.41) is 9.25. The smallest absolute Gasteiger partial charge is 0.0680 e. The Kier molecular flexibility index (Phi) is 6.74. The molecule has 0 heterocycles. The molecule has 0 spiro atoms. The van der Waals surface area contributed by atoms with Gasteiger partial charge < -0.3 is 9.84 Å². The van der Waals surface area contributed by atoms with Gasteiger partial charge in [0.05, 0.1) is 18.8 Å². The minimum Gasteiger partial charge on any atom is -0.393 e. The summed E-state index contributed by atoms with van der Waals surface area (Å²) in [7, 11) is 0. The van der Waals surface area contributed by atoms with Gasteiger partial charge in [0, 0.05) is 0 Å². The van der Waals surface area contributed by atoms with Crippen LogP contribution in [0.3, 0.4) is 0 Å². The maximum Gasteiger partial charge on any atom is 0.0680 e. The third kappa shape index (κ3) is 6.29. The summed E-state index contributed by atoms with van der Waals surface area (Å²) < 4.78 is 5.76. The first-order valence-corrected chi connectivity index (χ1v) is 6.66. The average molecular weight is 226 g/mol. The predicted octanol–water partition coefficient (Wildman–Crippen LogP) is 3.44.